The lowest BCUT2D eigenvalue weighted by Gasteiger charge is -2.29. The van der Waals surface area contributed by atoms with E-state index in [1.165, 1.54) is 0 Å². The molecule has 0 amide bonds. The lowest BCUT2D eigenvalue weighted by atomic mass is 9.96. The highest BCUT2D eigenvalue weighted by atomic mass is 19.1. The molecule has 5 nitrogen and oxygen atoms in total. The van der Waals surface area contributed by atoms with Gasteiger partial charge < -0.3 is 10.0 Å². The minimum Gasteiger partial charge on any atom is -0.481 e. The molecule has 2 atom stereocenters. The quantitative estimate of drug-likeness (QED) is 0.828. The first kappa shape index (κ1) is 10.4. The molecule has 0 unspecified atom stereocenters. The van der Waals surface area contributed by atoms with Crippen LogP contribution >= 0.6 is 0 Å². The van der Waals surface area contributed by atoms with Crippen LogP contribution in [0.2, 0.25) is 0 Å². The number of carboxylic acids is 1. The number of hydrogen-bond donors (Lipinski definition) is 1. The van der Waals surface area contributed by atoms with Crippen LogP contribution in [0, 0.1) is 17.2 Å². The third kappa shape index (κ3) is 1.55. The van der Waals surface area contributed by atoms with Crippen LogP contribution in [0.15, 0.2) is 12.4 Å². The molecular formula is C11H12FN3O2. The van der Waals surface area contributed by atoms with Gasteiger partial charge in [-0.2, -0.15) is 0 Å². The summed E-state index contributed by atoms with van der Waals surface area (Å²) >= 11 is 0. The summed E-state index contributed by atoms with van der Waals surface area (Å²) < 4.78 is 12.7. The van der Waals surface area contributed by atoms with Crippen LogP contribution in [0.4, 0.5) is 10.3 Å². The van der Waals surface area contributed by atoms with Crippen molar-refractivity contribution in [1.29, 1.82) is 0 Å². The number of rotatable bonds is 2. The van der Waals surface area contributed by atoms with E-state index in [2.05, 4.69) is 9.97 Å². The second kappa shape index (κ2) is 3.38. The lowest BCUT2D eigenvalue weighted by Crippen LogP contribution is -2.38. The van der Waals surface area contributed by atoms with Crippen LogP contribution in [0.25, 0.3) is 0 Å². The molecule has 0 bridgehead atoms. The minimum absolute atomic E-state index is 0.183. The van der Waals surface area contributed by atoms with Crippen molar-refractivity contribution in [3.63, 3.8) is 0 Å². The Balaban J connectivity index is 1.74. The van der Waals surface area contributed by atoms with Crippen molar-refractivity contribution in [2.24, 2.45) is 11.3 Å². The van der Waals surface area contributed by atoms with Gasteiger partial charge in [-0.25, -0.2) is 14.4 Å². The summed E-state index contributed by atoms with van der Waals surface area (Å²) in [5, 5.41) is 9.13. The first-order valence-corrected chi connectivity index (χ1v) is 5.58. The van der Waals surface area contributed by atoms with Crippen LogP contribution in [-0.2, 0) is 4.79 Å². The largest absolute Gasteiger partial charge is 0.481 e. The second-order valence-corrected chi connectivity index (χ2v) is 4.76. The first-order valence-electron chi connectivity index (χ1n) is 5.58. The van der Waals surface area contributed by atoms with Gasteiger partial charge in [-0.05, 0) is 18.8 Å². The number of piperidine rings is 1. The van der Waals surface area contributed by atoms with E-state index in [1.54, 1.807) is 0 Å². The summed E-state index contributed by atoms with van der Waals surface area (Å²) in [4.78, 5) is 20.9. The van der Waals surface area contributed by atoms with Gasteiger partial charge in [0.15, 0.2) is 5.82 Å². The van der Waals surface area contributed by atoms with E-state index >= 15 is 0 Å². The summed E-state index contributed by atoms with van der Waals surface area (Å²) in [5.74, 6) is -0.487. The molecule has 1 N–H and O–H groups in total. The molecule has 0 spiro atoms. The van der Waals surface area contributed by atoms with E-state index in [0.717, 1.165) is 18.8 Å². The molecule has 0 radical (unpaired) electrons. The molecule has 1 saturated heterocycles. The Morgan fingerprint density at radius 3 is 2.82 bits per heavy atom. The molecule has 2 fully saturated rings. The van der Waals surface area contributed by atoms with Gasteiger partial charge in [0.25, 0.3) is 0 Å². The van der Waals surface area contributed by atoms with E-state index in [1.807, 2.05) is 4.90 Å². The van der Waals surface area contributed by atoms with Gasteiger partial charge in [-0.15, -0.1) is 0 Å². The molecule has 17 heavy (non-hydrogen) atoms. The topological polar surface area (TPSA) is 66.3 Å². The molecule has 1 aliphatic carbocycles. The van der Waals surface area contributed by atoms with Gasteiger partial charge in [0.2, 0.25) is 5.95 Å². The molecule has 3 rings (SSSR count). The van der Waals surface area contributed by atoms with E-state index in [-0.39, 0.29) is 5.92 Å². The molecule has 1 aromatic heterocycles. The number of aromatic nitrogens is 2. The molecular weight excluding hydrogens is 225 g/mol. The summed E-state index contributed by atoms with van der Waals surface area (Å²) in [5.41, 5.74) is -0.503. The van der Waals surface area contributed by atoms with Crippen molar-refractivity contribution in [1.82, 2.24) is 9.97 Å². The van der Waals surface area contributed by atoms with Crippen LogP contribution < -0.4 is 4.90 Å². The summed E-state index contributed by atoms with van der Waals surface area (Å²) in [6.07, 6.45) is 3.62. The Morgan fingerprint density at radius 2 is 2.24 bits per heavy atom. The van der Waals surface area contributed by atoms with Gasteiger partial charge in [-0.1, -0.05) is 0 Å². The predicted octanol–water partition coefficient (Wildman–Crippen LogP) is 0.917. The van der Waals surface area contributed by atoms with Gasteiger partial charge in [0, 0.05) is 13.1 Å². The summed E-state index contributed by atoms with van der Waals surface area (Å²) in [6, 6.07) is 0. The Morgan fingerprint density at radius 1 is 1.53 bits per heavy atom. The molecule has 1 aliphatic heterocycles. The zero-order valence-electron chi connectivity index (χ0n) is 9.14. The Kier molecular flexibility index (Phi) is 2.08. The van der Waals surface area contributed by atoms with Crippen molar-refractivity contribution >= 4 is 11.9 Å². The molecule has 6 heteroatoms. The normalized spacial score (nSPS) is 30.9. The third-order valence-electron chi connectivity index (χ3n) is 3.82. The zero-order valence-corrected chi connectivity index (χ0v) is 9.14. The summed E-state index contributed by atoms with van der Waals surface area (Å²) in [7, 11) is 0. The van der Waals surface area contributed by atoms with Gasteiger partial charge in [-0.3, -0.25) is 4.79 Å². The fourth-order valence-electron chi connectivity index (χ4n) is 2.64. The van der Waals surface area contributed by atoms with Crippen molar-refractivity contribution in [3.05, 3.63) is 18.2 Å². The Hall–Kier alpha value is -1.72. The zero-order chi connectivity index (χ0) is 12.0. The molecule has 1 saturated carbocycles. The summed E-state index contributed by atoms with van der Waals surface area (Å²) in [6.45, 7) is 1.27. The molecule has 1 aromatic rings. The minimum atomic E-state index is -0.692. The fraction of sp³-hybridized carbons (Fsp3) is 0.545. The number of carbonyl (C=O) groups is 1. The second-order valence-electron chi connectivity index (χ2n) is 4.76. The maximum Gasteiger partial charge on any atom is 0.310 e. The van der Waals surface area contributed by atoms with Crippen molar-refractivity contribution < 1.29 is 14.3 Å². The van der Waals surface area contributed by atoms with Crippen LogP contribution in [0.1, 0.15) is 12.8 Å². The average molecular weight is 237 g/mol. The highest BCUT2D eigenvalue weighted by molar-refractivity contribution is 5.79. The smallest absolute Gasteiger partial charge is 0.310 e. The highest BCUT2D eigenvalue weighted by Crippen LogP contribution is 2.58. The number of aliphatic carboxylic acids is 1. The molecule has 2 heterocycles. The number of halogens is 1. The number of hydrogen-bond acceptors (Lipinski definition) is 4. The number of carboxylic acid groups (broad SMARTS) is 1. The van der Waals surface area contributed by atoms with Crippen molar-refractivity contribution in [2.75, 3.05) is 18.0 Å². The monoisotopic (exact) mass is 237 g/mol. The number of fused-ring (bicyclic) bond motifs is 1. The maximum absolute atomic E-state index is 12.7. The van der Waals surface area contributed by atoms with E-state index < -0.39 is 17.2 Å². The van der Waals surface area contributed by atoms with E-state index in [4.69, 9.17) is 5.11 Å². The maximum atomic E-state index is 12.7. The van der Waals surface area contributed by atoms with Crippen molar-refractivity contribution in [2.45, 2.75) is 12.8 Å². The third-order valence-corrected chi connectivity index (χ3v) is 3.82. The van der Waals surface area contributed by atoms with Crippen LogP contribution in [-0.4, -0.2) is 34.1 Å². The number of anilines is 1. The SMILES string of the molecule is O=C(O)[C@]12CCN(c3ncc(F)cn3)C[C@H]1C2. The highest BCUT2D eigenvalue weighted by Gasteiger charge is 2.62. The molecule has 2 aliphatic rings. The van der Waals surface area contributed by atoms with Gasteiger partial charge in [0.1, 0.15) is 0 Å². The van der Waals surface area contributed by atoms with Gasteiger partial charge in [0.05, 0.1) is 17.8 Å². The number of nitrogens with zero attached hydrogens (tertiary/aromatic N) is 3. The average Bonchev–Trinajstić information content (AvgIpc) is 3.04. The van der Waals surface area contributed by atoms with Crippen LogP contribution in [0.3, 0.4) is 0 Å². The first-order chi connectivity index (χ1) is 8.12. The van der Waals surface area contributed by atoms with E-state index in [0.29, 0.717) is 25.5 Å². The Bertz CT molecular complexity index is 464. The molecule has 90 valence electrons. The fourth-order valence-corrected chi connectivity index (χ4v) is 2.64. The Labute approximate surface area is 97.3 Å². The van der Waals surface area contributed by atoms with Crippen molar-refractivity contribution in [3.8, 4) is 0 Å². The predicted molar refractivity (Wildman–Crippen MR) is 57.0 cm³/mol. The standard InChI is InChI=1S/C11H12FN3O2/c12-8-4-13-10(14-5-8)15-2-1-11(9(16)17)3-7(11)6-15/h4-5,7H,1-3,6H2,(H,16,17)/t7-,11+/m1/s1. The molecule has 0 aromatic carbocycles. The van der Waals surface area contributed by atoms with Crippen LogP contribution in [0.5, 0.6) is 0 Å². The van der Waals surface area contributed by atoms with E-state index in [9.17, 15) is 9.18 Å². The van der Waals surface area contributed by atoms with Gasteiger partial charge >= 0.3 is 5.97 Å². The lowest BCUT2D eigenvalue weighted by molar-refractivity contribution is -0.144.